The number of hydrogen-bond acceptors (Lipinski definition) is 1. The van der Waals surface area contributed by atoms with Crippen molar-refractivity contribution in [1.29, 1.82) is 0 Å². The highest BCUT2D eigenvalue weighted by molar-refractivity contribution is 6.00. The van der Waals surface area contributed by atoms with E-state index in [2.05, 4.69) is 18.5 Å². The Bertz CT molecular complexity index is 266. The molecule has 0 aromatic rings. The molecule has 0 aliphatic carbocycles. The van der Waals surface area contributed by atoms with Gasteiger partial charge in [0.05, 0.1) is 0 Å². The molecule has 1 amide bonds. The van der Waals surface area contributed by atoms with Crippen LogP contribution in [0.15, 0.2) is 36.2 Å². The first-order valence-electron chi connectivity index (χ1n) is 4.15. The zero-order valence-electron chi connectivity index (χ0n) is 7.98. The molecule has 0 saturated heterocycles. The molecule has 72 valence electrons. The fraction of sp³-hybridized carbons (Fsp3) is 0.300. The first-order chi connectivity index (χ1) is 6.16. The average molecular weight is 183 g/mol. The zero-order chi connectivity index (χ0) is 10.4. The van der Waals surface area contributed by atoms with Crippen LogP contribution >= 0.6 is 0 Å². The summed E-state index contributed by atoms with van der Waals surface area (Å²) < 4.78 is 12.5. The molecule has 13 heavy (non-hydrogen) atoms. The third kappa shape index (κ3) is 2.54. The van der Waals surface area contributed by atoms with Crippen LogP contribution in [-0.2, 0) is 4.79 Å². The topological polar surface area (TPSA) is 29.1 Å². The smallest absolute Gasteiger partial charge is 0.251 e. The molecule has 1 aliphatic heterocycles. The molecular formula is C10H14FNO. The minimum Gasteiger partial charge on any atom is -0.348 e. The predicted octanol–water partition coefficient (Wildman–Crippen LogP) is 2.11. The Labute approximate surface area is 77.8 Å². The summed E-state index contributed by atoms with van der Waals surface area (Å²) in [4.78, 5) is 10.9. The highest BCUT2D eigenvalue weighted by atomic mass is 19.1. The molecule has 1 N–H and O–H groups in total. The summed E-state index contributed by atoms with van der Waals surface area (Å²) in [5, 5.41) is 2.47. The number of nitrogens with one attached hydrogen (secondary N) is 1. The molecule has 0 saturated carbocycles. The van der Waals surface area contributed by atoms with Crippen LogP contribution in [0.25, 0.3) is 0 Å². The van der Waals surface area contributed by atoms with Crippen LogP contribution in [0.5, 0.6) is 0 Å². The quantitative estimate of drug-likeness (QED) is 0.698. The number of carbonyl (C=O) groups is 1. The van der Waals surface area contributed by atoms with Gasteiger partial charge in [0, 0.05) is 17.7 Å². The van der Waals surface area contributed by atoms with Crippen LogP contribution in [0.2, 0.25) is 0 Å². The molecule has 3 heteroatoms. The van der Waals surface area contributed by atoms with Gasteiger partial charge in [0.25, 0.3) is 5.91 Å². The highest BCUT2D eigenvalue weighted by Crippen LogP contribution is 2.19. The average Bonchev–Trinajstić information content (AvgIpc) is 2.50. The van der Waals surface area contributed by atoms with Crippen molar-refractivity contribution in [3.63, 3.8) is 0 Å². The Morgan fingerprint density at radius 2 is 2.15 bits per heavy atom. The van der Waals surface area contributed by atoms with E-state index in [0.717, 1.165) is 0 Å². The Kier molecular flexibility index (Phi) is 4.74. The fourth-order valence-corrected chi connectivity index (χ4v) is 0.954. The number of hydrogen-bond donors (Lipinski definition) is 1. The van der Waals surface area contributed by atoms with Crippen molar-refractivity contribution in [2.75, 3.05) is 6.54 Å². The maximum absolute atomic E-state index is 12.5. The Morgan fingerprint density at radius 1 is 1.62 bits per heavy atom. The molecule has 0 radical (unpaired) electrons. The molecule has 1 heterocycles. The molecule has 0 unspecified atom stereocenters. The summed E-state index contributed by atoms with van der Waals surface area (Å²) in [5.41, 5.74) is 0.600. The van der Waals surface area contributed by atoms with Crippen molar-refractivity contribution >= 4 is 5.91 Å². The molecule has 1 aliphatic rings. The lowest BCUT2D eigenvalue weighted by molar-refractivity contribution is -0.116. The fourth-order valence-electron chi connectivity index (χ4n) is 0.954. The van der Waals surface area contributed by atoms with E-state index in [1.165, 1.54) is 6.08 Å². The standard InChI is InChI=1S/C8H8FNO.C2H6/c1-3-6-7(5(2)9)4-10-8(6)11;1-2/h3H,1-2,4H2,(H,10,11);1-2H3. The maximum Gasteiger partial charge on any atom is 0.251 e. The van der Waals surface area contributed by atoms with Crippen molar-refractivity contribution in [3.05, 3.63) is 36.2 Å². The van der Waals surface area contributed by atoms with Crippen molar-refractivity contribution in [2.45, 2.75) is 13.8 Å². The van der Waals surface area contributed by atoms with E-state index in [4.69, 9.17) is 0 Å². The van der Waals surface area contributed by atoms with Crippen LogP contribution in [-0.4, -0.2) is 12.5 Å². The Hall–Kier alpha value is -1.38. The number of amides is 1. The number of carbonyl (C=O) groups excluding carboxylic acids is 1. The van der Waals surface area contributed by atoms with Gasteiger partial charge in [0.1, 0.15) is 5.83 Å². The summed E-state index contributed by atoms with van der Waals surface area (Å²) in [5.74, 6) is -0.855. The first-order valence-corrected chi connectivity index (χ1v) is 4.15. The Balaban J connectivity index is 0.000000671. The van der Waals surface area contributed by atoms with Gasteiger partial charge in [-0.3, -0.25) is 4.79 Å². The normalized spacial score (nSPS) is 14.5. The molecule has 2 nitrogen and oxygen atoms in total. The van der Waals surface area contributed by atoms with Gasteiger partial charge in [-0.1, -0.05) is 33.1 Å². The van der Waals surface area contributed by atoms with E-state index >= 15 is 0 Å². The van der Waals surface area contributed by atoms with Crippen LogP contribution < -0.4 is 5.32 Å². The van der Waals surface area contributed by atoms with Gasteiger partial charge in [-0.25, -0.2) is 4.39 Å². The molecule has 0 bridgehead atoms. The van der Waals surface area contributed by atoms with E-state index in [-0.39, 0.29) is 18.0 Å². The van der Waals surface area contributed by atoms with Gasteiger partial charge in [-0.2, -0.15) is 0 Å². The van der Waals surface area contributed by atoms with Crippen molar-refractivity contribution in [2.24, 2.45) is 0 Å². The molecular weight excluding hydrogens is 169 g/mol. The van der Waals surface area contributed by atoms with Gasteiger partial charge >= 0.3 is 0 Å². The van der Waals surface area contributed by atoms with Crippen molar-refractivity contribution in [1.82, 2.24) is 5.32 Å². The second-order valence-corrected chi connectivity index (χ2v) is 2.18. The first kappa shape index (κ1) is 11.6. The third-order valence-corrected chi connectivity index (χ3v) is 1.53. The lowest BCUT2D eigenvalue weighted by Crippen LogP contribution is -2.16. The van der Waals surface area contributed by atoms with Gasteiger partial charge < -0.3 is 5.32 Å². The van der Waals surface area contributed by atoms with Crippen molar-refractivity contribution < 1.29 is 9.18 Å². The van der Waals surface area contributed by atoms with Crippen LogP contribution in [0.1, 0.15) is 13.8 Å². The minimum atomic E-state index is -0.571. The van der Waals surface area contributed by atoms with Gasteiger partial charge in [0.2, 0.25) is 0 Å². The second kappa shape index (κ2) is 5.30. The third-order valence-electron chi connectivity index (χ3n) is 1.53. The molecule has 0 aromatic carbocycles. The molecule has 0 fully saturated rings. The SMILES string of the molecule is C=CC1=C(C(=C)F)CNC1=O.CC. The number of rotatable bonds is 2. The van der Waals surface area contributed by atoms with E-state index in [1.807, 2.05) is 13.8 Å². The number of halogens is 1. The summed E-state index contributed by atoms with van der Waals surface area (Å²) in [6.45, 7) is 10.7. The largest absolute Gasteiger partial charge is 0.348 e. The van der Waals surface area contributed by atoms with Crippen molar-refractivity contribution in [3.8, 4) is 0 Å². The van der Waals surface area contributed by atoms with Gasteiger partial charge in [0.15, 0.2) is 0 Å². The molecule has 0 spiro atoms. The molecule has 0 aromatic heterocycles. The summed E-state index contributed by atoms with van der Waals surface area (Å²) in [6.07, 6.45) is 1.34. The highest BCUT2D eigenvalue weighted by Gasteiger charge is 2.21. The summed E-state index contributed by atoms with van der Waals surface area (Å²) >= 11 is 0. The minimum absolute atomic E-state index is 0.218. The van der Waals surface area contributed by atoms with Crippen LogP contribution in [0.3, 0.4) is 0 Å². The molecule has 1 rings (SSSR count). The lowest BCUT2D eigenvalue weighted by atomic mass is 10.1. The van der Waals surface area contributed by atoms with E-state index in [0.29, 0.717) is 5.57 Å². The monoisotopic (exact) mass is 183 g/mol. The van der Waals surface area contributed by atoms with Gasteiger partial charge in [-0.15, -0.1) is 0 Å². The summed E-state index contributed by atoms with van der Waals surface area (Å²) in [6, 6.07) is 0. The lowest BCUT2D eigenvalue weighted by Gasteiger charge is -1.93. The zero-order valence-corrected chi connectivity index (χ0v) is 7.98. The molecule has 0 atom stereocenters. The predicted molar refractivity (Wildman–Crippen MR) is 51.8 cm³/mol. The van der Waals surface area contributed by atoms with E-state index < -0.39 is 5.83 Å². The van der Waals surface area contributed by atoms with Gasteiger partial charge in [-0.05, 0) is 0 Å². The maximum atomic E-state index is 12.5. The van der Waals surface area contributed by atoms with E-state index in [1.54, 1.807) is 0 Å². The second-order valence-electron chi connectivity index (χ2n) is 2.18. The van der Waals surface area contributed by atoms with Crippen LogP contribution in [0, 0.1) is 0 Å². The van der Waals surface area contributed by atoms with E-state index in [9.17, 15) is 9.18 Å². The summed E-state index contributed by atoms with van der Waals surface area (Å²) in [7, 11) is 0. The Morgan fingerprint density at radius 3 is 2.46 bits per heavy atom. The van der Waals surface area contributed by atoms with Crippen LogP contribution in [0.4, 0.5) is 4.39 Å².